The van der Waals surface area contributed by atoms with Gasteiger partial charge in [-0.05, 0) is 104 Å². The van der Waals surface area contributed by atoms with Crippen molar-refractivity contribution >= 4 is 43.5 Å². The van der Waals surface area contributed by atoms with Crippen molar-refractivity contribution in [3.8, 4) is 28.6 Å². The minimum Gasteiger partial charge on any atom is -0.497 e. The molecule has 7 rings (SSSR count). The molecule has 0 unspecified atom stereocenters. The van der Waals surface area contributed by atoms with E-state index in [1.807, 2.05) is 0 Å². The number of nitrogens with one attached hydrogen (secondary N) is 1. The second kappa shape index (κ2) is 19.6. The van der Waals surface area contributed by atoms with Gasteiger partial charge in [0.25, 0.3) is 5.91 Å². The summed E-state index contributed by atoms with van der Waals surface area (Å²) < 4.78 is 87.1. The standard InChI is InChI=1S/C45H52N8O11S2/c1-45(2,3)64-44(56)50-25-23-33(29-50)48-65(57,58)39-22-21-37(52-24-7-8-38(54)43(52)55)40(42-46-49-53(47-42)28-32-13-19-36(63-6)20-14-32)41(39)66(59,60)51(26-30-9-15-34(61-4)16-10-30)27-31-11-17-35(62-5)18-12-31/h9-22,33,48H,7-8,23-29H2,1-6H3/t33-/m1/s1. The largest absolute Gasteiger partial charge is 0.497 e. The van der Waals surface area contributed by atoms with Crippen LogP contribution in [0.4, 0.5) is 10.5 Å². The number of sulfonamides is 2. The van der Waals surface area contributed by atoms with E-state index in [4.69, 9.17) is 18.9 Å². The van der Waals surface area contributed by atoms with Gasteiger partial charge in [-0.3, -0.25) is 9.59 Å². The van der Waals surface area contributed by atoms with Crippen LogP contribution in [-0.2, 0) is 54.0 Å². The normalized spacial score (nSPS) is 15.9. The number of piperidine rings is 1. The van der Waals surface area contributed by atoms with Crippen LogP contribution in [0.15, 0.2) is 94.7 Å². The van der Waals surface area contributed by atoms with Gasteiger partial charge in [0.05, 0.1) is 39.1 Å². The molecule has 2 saturated heterocycles. The predicted molar refractivity (Wildman–Crippen MR) is 241 cm³/mol. The number of rotatable bonds is 16. The highest BCUT2D eigenvalue weighted by atomic mass is 32.2. The lowest BCUT2D eigenvalue weighted by atomic mass is 10.1. The number of Topliss-reactive ketones (excluding diaryl/α,β-unsaturated/α-hetero) is 1. The van der Waals surface area contributed by atoms with E-state index < -0.39 is 59.3 Å². The van der Waals surface area contributed by atoms with Crippen LogP contribution in [-0.4, -0.2) is 117 Å². The number of hydrogen-bond acceptors (Lipinski definition) is 14. The van der Waals surface area contributed by atoms with Crippen molar-refractivity contribution in [2.24, 2.45) is 0 Å². The van der Waals surface area contributed by atoms with Gasteiger partial charge in [0.15, 0.2) is 0 Å². The summed E-state index contributed by atoms with van der Waals surface area (Å²) in [4.78, 5) is 42.0. The van der Waals surface area contributed by atoms with Crippen LogP contribution < -0.4 is 23.8 Å². The Balaban J connectivity index is 1.43. The Morgan fingerprint density at radius 3 is 1.89 bits per heavy atom. The lowest BCUT2D eigenvalue weighted by molar-refractivity contribution is -0.137. The smallest absolute Gasteiger partial charge is 0.410 e. The molecule has 4 aromatic carbocycles. The average Bonchev–Trinajstić information content (AvgIpc) is 3.96. The summed E-state index contributed by atoms with van der Waals surface area (Å²) in [6.45, 7) is 4.80. The summed E-state index contributed by atoms with van der Waals surface area (Å²) in [7, 11) is -5.32. The molecular formula is C45H52N8O11S2. The first-order valence-corrected chi connectivity index (χ1v) is 24.0. The number of carbonyl (C=O) groups excluding carboxylic acids is 3. The van der Waals surface area contributed by atoms with Crippen molar-refractivity contribution in [3.05, 3.63) is 102 Å². The highest BCUT2D eigenvalue weighted by Gasteiger charge is 2.42. The van der Waals surface area contributed by atoms with E-state index in [1.54, 1.807) is 93.6 Å². The van der Waals surface area contributed by atoms with Gasteiger partial charge in [0, 0.05) is 45.2 Å². The zero-order valence-corrected chi connectivity index (χ0v) is 39.1. The molecule has 21 heteroatoms. The summed E-state index contributed by atoms with van der Waals surface area (Å²) >= 11 is 0. The van der Waals surface area contributed by atoms with Crippen LogP contribution in [0.2, 0.25) is 0 Å². The SMILES string of the molecule is COc1ccc(CN(Cc2ccc(OC)cc2)S(=O)(=O)c2c(S(=O)(=O)N[C@@H]3CCN(C(=O)OC(C)(C)C)C3)ccc(N3CCCC(=O)C3=O)c2-c2nnn(Cc3ccc(OC)cc3)n2)cc1. The molecule has 350 valence electrons. The lowest BCUT2D eigenvalue weighted by Crippen LogP contribution is -2.43. The molecule has 0 radical (unpaired) electrons. The number of ether oxygens (including phenoxy) is 4. The van der Waals surface area contributed by atoms with Crippen molar-refractivity contribution < 1.29 is 50.2 Å². The predicted octanol–water partition coefficient (Wildman–Crippen LogP) is 4.79. The number of aromatic nitrogens is 4. The minimum absolute atomic E-state index is 0.00534. The third-order valence-electron chi connectivity index (χ3n) is 10.9. The Bertz CT molecular complexity index is 2750. The third-order valence-corrected chi connectivity index (χ3v) is 14.5. The van der Waals surface area contributed by atoms with Crippen LogP contribution >= 0.6 is 0 Å². The molecule has 3 heterocycles. The van der Waals surface area contributed by atoms with Gasteiger partial charge in [-0.15, -0.1) is 10.2 Å². The monoisotopic (exact) mass is 944 g/mol. The zero-order chi connectivity index (χ0) is 47.4. The van der Waals surface area contributed by atoms with Crippen LogP contribution in [0.25, 0.3) is 11.4 Å². The summed E-state index contributed by atoms with van der Waals surface area (Å²) in [5.41, 5.74) is 0.513. The lowest BCUT2D eigenvalue weighted by Gasteiger charge is -2.30. The topological polar surface area (TPSA) is 222 Å². The fourth-order valence-corrected chi connectivity index (χ4v) is 11.3. The number of likely N-dealkylation sites (tertiary alicyclic amines) is 1. The molecule has 2 aliphatic heterocycles. The summed E-state index contributed by atoms with van der Waals surface area (Å²) in [5.74, 6) is -0.277. The number of tetrazole rings is 1. The molecule has 0 spiro atoms. The van der Waals surface area contributed by atoms with Gasteiger partial charge in [0.2, 0.25) is 31.7 Å². The van der Waals surface area contributed by atoms with E-state index in [9.17, 15) is 22.8 Å². The number of methoxy groups -OCH3 is 3. The Morgan fingerprint density at radius 1 is 0.788 bits per heavy atom. The van der Waals surface area contributed by atoms with Crippen LogP contribution in [0.3, 0.4) is 0 Å². The highest BCUT2D eigenvalue weighted by molar-refractivity contribution is 7.92. The highest BCUT2D eigenvalue weighted by Crippen LogP contribution is 2.42. The minimum atomic E-state index is -5.04. The van der Waals surface area contributed by atoms with Crippen molar-refractivity contribution in [1.29, 1.82) is 0 Å². The summed E-state index contributed by atoms with van der Waals surface area (Å²) in [6, 6.07) is 22.0. The number of ketones is 1. The van der Waals surface area contributed by atoms with Gasteiger partial charge < -0.3 is 28.7 Å². The van der Waals surface area contributed by atoms with Crippen LogP contribution in [0.5, 0.6) is 17.2 Å². The van der Waals surface area contributed by atoms with Gasteiger partial charge in [-0.25, -0.2) is 26.4 Å². The fraction of sp³-hybridized carbons (Fsp3) is 0.378. The van der Waals surface area contributed by atoms with E-state index in [0.29, 0.717) is 28.4 Å². The maximum absolute atomic E-state index is 15.9. The number of benzene rings is 4. The number of nitrogens with zero attached hydrogens (tertiary/aromatic N) is 7. The molecule has 2 amide bonds. The maximum Gasteiger partial charge on any atom is 0.410 e. The molecule has 66 heavy (non-hydrogen) atoms. The average molecular weight is 945 g/mol. The molecule has 0 saturated carbocycles. The van der Waals surface area contributed by atoms with Crippen LogP contribution in [0, 0.1) is 0 Å². The molecule has 1 aromatic heterocycles. The fourth-order valence-electron chi connectivity index (χ4n) is 7.61. The Kier molecular flexibility index (Phi) is 14.1. The molecule has 1 atom stereocenters. The third kappa shape index (κ3) is 10.8. The molecule has 1 N–H and O–H groups in total. The summed E-state index contributed by atoms with van der Waals surface area (Å²) in [5, 5.41) is 13.1. The van der Waals surface area contributed by atoms with E-state index in [1.165, 1.54) is 37.1 Å². The second-order valence-electron chi connectivity index (χ2n) is 16.8. The van der Waals surface area contributed by atoms with E-state index >= 15 is 8.42 Å². The number of amides is 2. The van der Waals surface area contributed by atoms with Crippen molar-refractivity contribution in [2.75, 3.05) is 45.9 Å². The zero-order valence-electron chi connectivity index (χ0n) is 37.5. The molecular weight excluding hydrogens is 893 g/mol. The number of carbonyl (C=O) groups is 3. The molecule has 2 fully saturated rings. The Labute approximate surface area is 383 Å². The van der Waals surface area contributed by atoms with Crippen LogP contribution in [0.1, 0.15) is 56.7 Å². The Hall–Kier alpha value is -6.42. The first kappa shape index (κ1) is 47.5. The van der Waals surface area contributed by atoms with Gasteiger partial charge in [-0.1, -0.05) is 36.4 Å². The van der Waals surface area contributed by atoms with Gasteiger partial charge >= 0.3 is 6.09 Å². The van der Waals surface area contributed by atoms with Crippen molar-refractivity contribution in [2.45, 2.75) is 81.1 Å². The Morgan fingerprint density at radius 2 is 1.35 bits per heavy atom. The molecule has 5 aromatic rings. The second-order valence-corrected chi connectivity index (χ2v) is 20.3. The maximum atomic E-state index is 15.9. The van der Waals surface area contributed by atoms with Gasteiger partial charge in [-0.2, -0.15) is 9.10 Å². The quantitative estimate of drug-likeness (QED) is 0.132. The van der Waals surface area contributed by atoms with E-state index in [-0.39, 0.29) is 75.6 Å². The number of hydrogen-bond donors (Lipinski definition) is 1. The van der Waals surface area contributed by atoms with E-state index in [2.05, 4.69) is 20.1 Å². The van der Waals surface area contributed by atoms with E-state index in [0.717, 1.165) is 20.8 Å². The number of anilines is 1. The van der Waals surface area contributed by atoms with Crippen molar-refractivity contribution in [3.63, 3.8) is 0 Å². The summed E-state index contributed by atoms with van der Waals surface area (Å²) in [6.07, 6.45) is -0.210. The van der Waals surface area contributed by atoms with Gasteiger partial charge in [0.1, 0.15) is 32.6 Å². The molecule has 19 nitrogen and oxygen atoms in total. The van der Waals surface area contributed by atoms with Crippen molar-refractivity contribution in [1.82, 2.24) is 34.1 Å². The molecule has 0 bridgehead atoms. The molecule has 0 aliphatic carbocycles. The first-order valence-electron chi connectivity index (χ1n) is 21.1. The molecule has 2 aliphatic rings. The first-order chi connectivity index (χ1) is 31.4.